The Morgan fingerprint density at radius 3 is 2.43 bits per heavy atom. The molecule has 1 aliphatic heterocycles. The molecular formula is C24H34N2O2. The zero-order valence-corrected chi connectivity index (χ0v) is 17.9. The number of benzene rings is 1. The minimum absolute atomic E-state index is 0.256. The SMILES string of the molecule is COCCCc1cncc(C(O)(c2ccc(C(C)C)cc2)C2(C)CN(C)C2)c1. The number of rotatable bonds is 8. The average molecular weight is 383 g/mol. The van der Waals surface area contributed by atoms with Gasteiger partial charge >= 0.3 is 0 Å². The summed E-state index contributed by atoms with van der Waals surface area (Å²) in [6.45, 7) is 8.99. The van der Waals surface area contributed by atoms with E-state index < -0.39 is 5.60 Å². The van der Waals surface area contributed by atoms with E-state index in [0.717, 1.165) is 49.2 Å². The first-order chi connectivity index (χ1) is 13.3. The summed E-state index contributed by atoms with van der Waals surface area (Å²) in [6, 6.07) is 10.6. The van der Waals surface area contributed by atoms with Gasteiger partial charge in [-0.15, -0.1) is 0 Å². The maximum atomic E-state index is 12.2. The molecule has 28 heavy (non-hydrogen) atoms. The zero-order chi connectivity index (χ0) is 20.4. The molecule has 3 rings (SSSR count). The third-order valence-corrected chi connectivity index (χ3v) is 6.13. The van der Waals surface area contributed by atoms with Gasteiger partial charge in [0.1, 0.15) is 5.60 Å². The van der Waals surface area contributed by atoms with E-state index in [2.05, 4.69) is 68.0 Å². The molecule has 4 heteroatoms. The van der Waals surface area contributed by atoms with E-state index in [1.54, 1.807) is 7.11 Å². The molecule has 0 aliphatic carbocycles. The van der Waals surface area contributed by atoms with Crippen molar-refractivity contribution in [1.82, 2.24) is 9.88 Å². The minimum Gasteiger partial charge on any atom is -0.385 e. The highest BCUT2D eigenvalue weighted by Gasteiger charge is 2.55. The van der Waals surface area contributed by atoms with Crippen molar-refractivity contribution in [1.29, 1.82) is 0 Å². The van der Waals surface area contributed by atoms with Crippen LogP contribution in [0.25, 0.3) is 0 Å². The molecule has 0 amide bonds. The highest BCUT2D eigenvalue weighted by molar-refractivity contribution is 5.41. The quantitative estimate of drug-likeness (QED) is 0.702. The van der Waals surface area contributed by atoms with Crippen molar-refractivity contribution in [3.8, 4) is 0 Å². The number of pyridine rings is 1. The number of aryl methyl sites for hydroxylation is 1. The molecule has 1 fully saturated rings. The number of ether oxygens (including phenoxy) is 1. The molecule has 1 aromatic heterocycles. The molecular weight excluding hydrogens is 348 g/mol. The standard InChI is InChI=1S/C24H34N2O2/c1-18(2)20-8-10-21(11-9-20)24(27,23(3)16-26(4)17-23)22-13-19(14-25-15-22)7-6-12-28-5/h8-11,13-15,18,27H,6-7,12,16-17H2,1-5H3. The molecule has 0 bridgehead atoms. The van der Waals surface area contributed by atoms with Gasteiger partial charge in [-0.25, -0.2) is 0 Å². The van der Waals surface area contributed by atoms with Crippen molar-refractivity contribution in [2.45, 2.75) is 45.1 Å². The van der Waals surface area contributed by atoms with E-state index in [1.807, 2.05) is 12.4 Å². The predicted octanol–water partition coefficient (Wildman–Crippen LogP) is 3.97. The molecule has 2 heterocycles. The van der Waals surface area contributed by atoms with Crippen LogP contribution in [0, 0.1) is 5.41 Å². The molecule has 4 nitrogen and oxygen atoms in total. The molecule has 0 radical (unpaired) electrons. The topological polar surface area (TPSA) is 45.6 Å². The normalized spacial score (nSPS) is 18.7. The lowest BCUT2D eigenvalue weighted by molar-refractivity contribution is -0.127. The van der Waals surface area contributed by atoms with Crippen LogP contribution in [0.15, 0.2) is 42.7 Å². The fraction of sp³-hybridized carbons (Fsp3) is 0.542. The van der Waals surface area contributed by atoms with Crippen LogP contribution in [-0.2, 0) is 16.8 Å². The molecule has 1 N–H and O–H groups in total. The summed E-state index contributed by atoms with van der Waals surface area (Å²) in [7, 11) is 3.83. The van der Waals surface area contributed by atoms with Gasteiger partial charge in [0.25, 0.3) is 0 Å². The van der Waals surface area contributed by atoms with Crippen molar-refractivity contribution in [2.24, 2.45) is 5.41 Å². The molecule has 1 atom stereocenters. The molecule has 0 saturated carbocycles. The second-order valence-corrected chi connectivity index (χ2v) is 8.90. The Morgan fingerprint density at radius 2 is 1.86 bits per heavy atom. The third-order valence-electron chi connectivity index (χ3n) is 6.13. The lowest BCUT2D eigenvalue weighted by atomic mass is 9.62. The lowest BCUT2D eigenvalue weighted by Crippen LogP contribution is -2.63. The summed E-state index contributed by atoms with van der Waals surface area (Å²) in [5.74, 6) is 0.471. The fourth-order valence-corrected chi connectivity index (χ4v) is 4.59. The van der Waals surface area contributed by atoms with Crippen LogP contribution in [-0.4, -0.2) is 48.8 Å². The Bertz CT molecular complexity index is 781. The molecule has 1 unspecified atom stereocenters. The second kappa shape index (κ2) is 8.32. The maximum absolute atomic E-state index is 12.2. The monoisotopic (exact) mass is 382 g/mol. The Balaban J connectivity index is 2.01. The van der Waals surface area contributed by atoms with Gasteiger partial charge in [0.2, 0.25) is 0 Å². The van der Waals surface area contributed by atoms with Gasteiger partial charge in [0, 0.05) is 50.2 Å². The molecule has 1 aliphatic rings. The smallest absolute Gasteiger partial charge is 0.124 e. The number of hydrogen-bond acceptors (Lipinski definition) is 4. The minimum atomic E-state index is -1.07. The predicted molar refractivity (Wildman–Crippen MR) is 114 cm³/mol. The summed E-state index contributed by atoms with van der Waals surface area (Å²) < 4.78 is 5.18. The number of nitrogens with zero attached hydrogens (tertiary/aromatic N) is 2. The van der Waals surface area contributed by atoms with Gasteiger partial charge in [-0.3, -0.25) is 4.98 Å². The van der Waals surface area contributed by atoms with Gasteiger partial charge in [0.15, 0.2) is 0 Å². The first-order valence-electron chi connectivity index (χ1n) is 10.2. The number of aliphatic hydroxyl groups is 1. The number of methoxy groups -OCH3 is 1. The van der Waals surface area contributed by atoms with E-state index in [4.69, 9.17) is 4.74 Å². The average Bonchev–Trinajstić information content (AvgIpc) is 2.66. The van der Waals surface area contributed by atoms with E-state index in [9.17, 15) is 5.11 Å². The first kappa shape index (κ1) is 21.0. The number of likely N-dealkylation sites (tertiary alicyclic amines) is 1. The Hall–Kier alpha value is -1.75. The van der Waals surface area contributed by atoms with Crippen molar-refractivity contribution in [2.75, 3.05) is 33.9 Å². The first-order valence-corrected chi connectivity index (χ1v) is 10.2. The van der Waals surface area contributed by atoms with Crippen molar-refractivity contribution >= 4 is 0 Å². The van der Waals surface area contributed by atoms with E-state index in [0.29, 0.717) is 5.92 Å². The van der Waals surface area contributed by atoms with Crippen LogP contribution in [0.3, 0.4) is 0 Å². The van der Waals surface area contributed by atoms with Crippen LogP contribution in [0.2, 0.25) is 0 Å². The highest BCUT2D eigenvalue weighted by atomic mass is 16.5. The highest BCUT2D eigenvalue weighted by Crippen LogP contribution is 2.50. The van der Waals surface area contributed by atoms with Gasteiger partial charge in [0.05, 0.1) is 0 Å². The molecule has 1 saturated heterocycles. The van der Waals surface area contributed by atoms with Crippen molar-refractivity contribution < 1.29 is 9.84 Å². The van der Waals surface area contributed by atoms with Crippen molar-refractivity contribution in [3.05, 3.63) is 65.0 Å². The van der Waals surface area contributed by atoms with Gasteiger partial charge in [-0.2, -0.15) is 0 Å². The van der Waals surface area contributed by atoms with E-state index in [-0.39, 0.29) is 5.41 Å². The van der Waals surface area contributed by atoms with Crippen LogP contribution < -0.4 is 0 Å². The van der Waals surface area contributed by atoms with Gasteiger partial charge < -0.3 is 14.7 Å². The summed E-state index contributed by atoms with van der Waals surface area (Å²) in [6.07, 6.45) is 5.58. The molecule has 1 aromatic carbocycles. The van der Waals surface area contributed by atoms with Crippen LogP contribution in [0.5, 0.6) is 0 Å². The molecule has 0 spiro atoms. The van der Waals surface area contributed by atoms with Gasteiger partial charge in [-0.05, 0) is 48.6 Å². The molecule has 152 valence electrons. The van der Waals surface area contributed by atoms with Crippen LogP contribution in [0.1, 0.15) is 55.4 Å². The fourth-order valence-electron chi connectivity index (χ4n) is 4.59. The summed E-state index contributed by atoms with van der Waals surface area (Å²) in [5, 5.41) is 12.2. The second-order valence-electron chi connectivity index (χ2n) is 8.90. The van der Waals surface area contributed by atoms with E-state index >= 15 is 0 Å². The Kier molecular flexibility index (Phi) is 6.23. The van der Waals surface area contributed by atoms with Crippen LogP contribution in [0.4, 0.5) is 0 Å². The number of hydrogen-bond donors (Lipinski definition) is 1. The summed E-state index contributed by atoms with van der Waals surface area (Å²) >= 11 is 0. The largest absolute Gasteiger partial charge is 0.385 e. The molecule has 2 aromatic rings. The maximum Gasteiger partial charge on any atom is 0.124 e. The summed E-state index contributed by atoms with van der Waals surface area (Å²) in [4.78, 5) is 6.73. The lowest BCUT2D eigenvalue weighted by Gasteiger charge is -2.56. The number of aromatic nitrogens is 1. The van der Waals surface area contributed by atoms with Crippen LogP contribution >= 0.6 is 0 Å². The Morgan fingerprint density at radius 1 is 1.18 bits per heavy atom. The summed E-state index contributed by atoms with van der Waals surface area (Å²) in [5.41, 5.74) is 2.93. The van der Waals surface area contributed by atoms with E-state index in [1.165, 1.54) is 5.56 Å². The zero-order valence-electron chi connectivity index (χ0n) is 17.9. The third kappa shape index (κ3) is 3.86. The van der Waals surface area contributed by atoms with Gasteiger partial charge in [-0.1, -0.05) is 45.0 Å². The Labute approximate surface area is 169 Å². The van der Waals surface area contributed by atoms with Crippen molar-refractivity contribution in [3.63, 3.8) is 0 Å².